The lowest BCUT2D eigenvalue weighted by atomic mass is 10.1. The lowest BCUT2D eigenvalue weighted by Crippen LogP contribution is -2.06. The Labute approximate surface area is 130 Å². The first kappa shape index (κ1) is 13.6. The third-order valence-corrected chi connectivity index (χ3v) is 4.56. The first-order chi connectivity index (χ1) is 9.72. The average molecular weight is 324 g/mol. The van der Waals surface area contributed by atoms with Crippen LogP contribution in [0.5, 0.6) is 0 Å². The molecular formula is C14H11Cl2N3S. The van der Waals surface area contributed by atoms with Crippen LogP contribution in [-0.2, 0) is 6.42 Å². The molecule has 0 atom stereocenters. The van der Waals surface area contributed by atoms with Gasteiger partial charge in [-0.3, -0.25) is 0 Å². The normalized spacial score (nSPS) is 10.9. The summed E-state index contributed by atoms with van der Waals surface area (Å²) in [5.74, 6) is 0.736. The van der Waals surface area contributed by atoms with E-state index >= 15 is 0 Å². The van der Waals surface area contributed by atoms with Crippen molar-refractivity contribution in [1.29, 1.82) is 0 Å². The zero-order valence-corrected chi connectivity index (χ0v) is 12.8. The molecule has 3 rings (SSSR count). The fourth-order valence-electron chi connectivity index (χ4n) is 1.97. The lowest BCUT2D eigenvalue weighted by Gasteiger charge is -2.06. The molecule has 0 saturated carbocycles. The predicted molar refractivity (Wildman–Crippen MR) is 86.1 cm³/mol. The van der Waals surface area contributed by atoms with E-state index in [0.717, 1.165) is 29.2 Å². The highest BCUT2D eigenvalue weighted by Gasteiger charge is 2.03. The predicted octanol–water partition coefficient (Wildman–Crippen LogP) is 4.65. The number of thiophene rings is 1. The van der Waals surface area contributed by atoms with Crippen LogP contribution in [0.25, 0.3) is 10.1 Å². The van der Waals surface area contributed by atoms with Crippen molar-refractivity contribution in [3.8, 4) is 0 Å². The second-order valence-corrected chi connectivity index (χ2v) is 6.02. The topological polar surface area (TPSA) is 37.8 Å². The molecule has 0 aliphatic rings. The van der Waals surface area contributed by atoms with E-state index in [1.165, 1.54) is 16.6 Å². The third-order valence-electron chi connectivity index (χ3n) is 2.94. The number of anilines is 1. The number of rotatable bonds is 4. The number of nitrogens with one attached hydrogen (secondary N) is 1. The van der Waals surface area contributed by atoms with E-state index in [4.69, 9.17) is 23.2 Å². The average Bonchev–Trinajstić information content (AvgIpc) is 2.80. The van der Waals surface area contributed by atoms with Gasteiger partial charge in [0.2, 0.25) is 0 Å². The molecule has 0 aliphatic carbocycles. The van der Waals surface area contributed by atoms with E-state index in [2.05, 4.69) is 33.5 Å². The van der Waals surface area contributed by atoms with Crippen molar-refractivity contribution in [1.82, 2.24) is 9.97 Å². The molecule has 0 radical (unpaired) electrons. The van der Waals surface area contributed by atoms with Crippen molar-refractivity contribution in [2.45, 2.75) is 6.42 Å². The van der Waals surface area contributed by atoms with Crippen molar-refractivity contribution in [2.24, 2.45) is 0 Å². The van der Waals surface area contributed by atoms with Gasteiger partial charge in [0.15, 0.2) is 0 Å². The maximum absolute atomic E-state index is 6.16. The molecule has 20 heavy (non-hydrogen) atoms. The van der Waals surface area contributed by atoms with Gasteiger partial charge in [-0.25, -0.2) is 9.97 Å². The number of hydrogen-bond donors (Lipinski definition) is 1. The molecule has 1 aromatic carbocycles. The van der Waals surface area contributed by atoms with Crippen LogP contribution in [0, 0.1) is 0 Å². The minimum absolute atomic E-state index is 0.439. The zero-order valence-electron chi connectivity index (χ0n) is 10.4. The van der Waals surface area contributed by atoms with Gasteiger partial charge >= 0.3 is 0 Å². The number of halogens is 2. The molecule has 0 amide bonds. The molecule has 0 spiro atoms. The zero-order chi connectivity index (χ0) is 13.9. The summed E-state index contributed by atoms with van der Waals surface area (Å²) in [5, 5.41) is 7.58. The fraction of sp³-hybridized carbons (Fsp3) is 0.143. The maximum Gasteiger partial charge on any atom is 0.134 e. The maximum atomic E-state index is 6.16. The number of aromatic nitrogens is 2. The molecule has 3 aromatic rings. The first-order valence-corrected chi connectivity index (χ1v) is 7.73. The number of nitrogens with zero attached hydrogens (tertiary/aromatic N) is 2. The summed E-state index contributed by atoms with van der Waals surface area (Å²) in [6.07, 6.45) is 2.34. The van der Waals surface area contributed by atoms with Crippen LogP contribution in [0.2, 0.25) is 10.2 Å². The fourth-order valence-corrected chi connectivity index (χ4v) is 3.26. The molecule has 2 aromatic heterocycles. The summed E-state index contributed by atoms with van der Waals surface area (Å²) in [7, 11) is 0. The molecular weight excluding hydrogens is 313 g/mol. The van der Waals surface area contributed by atoms with Crippen LogP contribution in [0.1, 0.15) is 5.56 Å². The van der Waals surface area contributed by atoms with Gasteiger partial charge in [0.05, 0.1) is 5.02 Å². The van der Waals surface area contributed by atoms with Gasteiger partial charge in [0.25, 0.3) is 0 Å². The van der Waals surface area contributed by atoms with Crippen LogP contribution in [-0.4, -0.2) is 16.5 Å². The summed E-state index contributed by atoms with van der Waals surface area (Å²) in [4.78, 5) is 7.95. The molecule has 0 bridgehead atoms. The molecule has 0 saturated heterocycles. The third kappa shape index (κ3) is 3.03. The van der Waals surface area contributed by atoms with E-state index in [0.29, 0.717) is 5.15 Å². The van der Waals surface area contributed by atoms with Crippen molar-refractivity contribution >= 4 is 50.4 Å². The lowest BCUT2D eigenvalue weighted by molar-refractivity contribution is 1.00. The quantitative estimate of drug-likeness (QED) is 0.710. The number of hydrogen-bond acceptors (Lipinski definition) is 4. The van der Waals surface area contributed by atoms with Crippen molar-refractivity contribution < 1.29 is 0 Å². The molecule has 6 heteroatoms. The smallest absolute Gasteiger partial charge is 0.134 e. The van der Waals surface area contributed by atoms with Crippen LogP contribution in [0.15, 0.2) is 36.0 Å². The van der Waals surface area contributed by atoms with Crippen LogP contribution < -0.4 is 5.32 Å². The van der Waals surface area contributed by atoms with Crippen LogP contribution >= 0.6 is 34.5 Å². The number of fused-ring (bicyclic) bond motifs is 1. The van der Waals surface area contributed by atoms with E-state index in [1.807, 2.05) is 5.38 Å². The Morgan fingerprint density at radius 3 is 2.90 bits per heavy atom. The minimum atomic E-state index is 0.439. The largest absolute Gasteiger partial charge is 0.370 e. The Bertz CT molecular complexity index is 742. The Balaban J connectivity index is 1.66. The highest BCUT2D eigenvalue weighted by atomic mass is 35.5. The first-order valence-electron chi connectivity index (χ1n) is 6.09. The Morgan fingerprint density at radius 2 is 2.05 bits per heavy atom. The van der Waals surface area contributed by atoms with Crippen LogP contribution in [0.4, 0.5) is 5.82 Å². The molecule has 102 valence electrons. The monoisotopic (exact) mass is 323 g/mol. The van der Waals surface area contributed by atoms with Crippen molar-refractivity contribution in [3.05, 3.63) is 51.7 Å². The second-order valence-electron chi connectivity index (χ2n) is 4.32. The minimum Gasteiger partial charge on any atom is -0.370 e. The molecule has 0 aliphatic heterocycles. The molecule has 2 heterocycles. The van der Waals surface area contributed by atoms with E-state index in [-0.39, 0.29) is 0 Å². The van der Waals surface area contributed by atoms with Crippen molar-refractivity contribution in [3.63, 3.8) is 0 Å². The van der Waals surface area contributed by atoms with Gasteiger partial charge in [-0.05, 0) is 24.1 Å². The van der Waals surface area contributed by atoms with Crippen LogP contribution in [0.3, 0.4) is 0 Å². The molecule has 1 N–H and O–H groups in total. The molecule has 0 fully saturated rings. The SMILES string of the molecule is Clc1cc(NCCc2ccc3scc(Cl)c3c2)ncn1. The standard InChI is InChI=1S/C14H11Cl2N3S/c15-11-7-20-12-2-1-9(5-10(11)12)3-4-17-14-6-13(16)18-8-19-14/h1-2,5-8H,3-4H2,(H,17,18,19). The van der Waals surface area contributed by atoms with Gasteiger partial charge in [-0.15, -0.1) is 11.3 Å². The highest BCUT2D eigenvalue weighted by molar-refractivity contribution is 7.17. The highest BCUT2D eigenvalue weighted by Crippen LogP contribution is 2.30. The summed E-state index contributed by atoms with van der Waals surface area (Å²) >= 11 is 13.6. The summed E-state index contributed by atoms with van der Waals surface area (Å²) in [5.41, 5.74) is 1.24. The van der Waals surface area contributed by atoms with Gasteiger partial charge in [-0.1, -0.05) is 29.3 Å². The van der Waals surface area contributed by atoms with Crippen molar-refractivity contribution in [2.75, 3.05) is 11.9 Å². The summed E-state index contributed by atoms with van der Waals surface area (Å²) in [6.45, 7) is 0.778. The van der Waals surface area contributed by atoms with Gasteiger partial charge in [-0.2, -0.15) is 0 Å². The molecule has 0 unspecified atom stereocenters. The Hall–Kier alpha value is -1.36. The Kier molecular flexibility index (Phi) is 4.05. The Morgan fingerprint density at radius 1 is 1.15 bits per heavy atom. The molecule has 3 nitrogen and oxygen atoms in total. The summed E-state index contributed by atoms with van der Waals surface area (Å²) in [6, 6.07) is 8.09. The second kappa shape index (κ2) is 5.95. The van der Waals surface area contributed by atoms with Gasteiger partial charge in [0.1, 0.15) is 17.3 Å². The number of benzene rings is 1. The summed E-state index contributed by atoms with van der Waals surface area (Å²) < 4.78 is 1.22. The van der Waals surface area contributed by atoms with Gasteiger partial charge < -0.3 is 5.32 Å². The van der Waals surface area contributed by atoms with E-state index in [1.54, 1.807) is 17.4 Å². The van der Waals surface area contributed by atoms with E-state index in [9.17, 15) is 0 Å². The van der Waals surface area contributed by atoms with Gasteiger partial charge in [0, 0.05) is 28.1 Å². The van der Waals surface area contributed by atoms with E-state index < -0.39 is 0 Å².